The van der Waals surface area contributed by atoms with Crippen LogP contribution in [0.5, 0.6) is 0 Å². The summed E-state index contributed by atoms with van der Waals surface area (Å²) in [6.07, 6.45) is 3.05. The average molecular weight is 256 g/mol. The van der Waals surface area contributed by atoms with Crippen LogP contribution in [-0.2, 0) is 4.74 Å². The number of anilines is 1. The highest BCUT2D eigenvalue weighted by Crippen LogP contribution is 2.24. The maximum Gasteiger partial charge on any atom is 0.340 e. The van der Waals surface area contributed by atoms with E-state index in [2.05, 4.69) is 4.98 Å². The number of carbonyl (C=O) groups excluding carboxylic acids is 1. The first-order valence-corrected chi connectivity index (χ1v) is 5.68. The van der Waals surface area contributed by atoms with E-state index in [1.807, 2.05) is 6.07 Å². The number of aromatic nitrogens is 2. The van der Waals surface area contributed by atoms with Crippen molar-refractivity contribution in [1.29, 1.82) is 5.26 Å². The Labute approximate surface area is 110 Å². The minimum atomic E-state index is -0.484. The largest absolute Gasteiger partial charge is 0.462 e. The molecular formula is C13H12N4O2. The third kappa shape index (κ3) is 2.26. The van der Waals surface area contributed by atoms with Gasteiger partial charge in [0.25, 0.3) is 0 Å². The minimum absolute atomic E-state index is 0.156. The summed E-state index contributed by atoms with van der Waals surface area (Å²) in [4.78, 5) is 15.8. The van der Waals surface area contributed by atoms with E-state index in [1.54, 1.807) is 31.3 Å². The molecule has 0 saturated heterocycles. The van der Waals surface area contributed by atoms with Gasteiger partial charge in [-0.3, -0.25) is 4.57 Å². The van der Waals surface area contributed by atoms with Crippen molar-refractivity contribution in [2.75, 3.05) is 12.3 Å². The Hall–Kier alpha value is -2.81. The molecule has 0 bridgehead atoms. The summed E-state index contributed by atoms with van der Waals surface area (Å²) in [5.74, 6) is -0.328. The molecule has 96 valence electrons. The van der Waals surface area contributed by atoms with E-state index >= 15 is 0 Å². The number of hydrogen-bond donors (Lipinski definition) is 1. The highest BCUT2D eigenvalue weighted by atomic mass is 16.5. The second-order valence-electron chi connectivity index (χ2n) is 3.70. The second kappa shape index (κ2) is 5.23. The predicted octanol–water partition coefficient (Wildman–Crippen LogP) is 1.50. The summed E-state index contributed by atoms with van der Waals surface area (Å²) in [6.45, 7) is 1.99. The van der Waals surface area contributed by atoms with Crippen molar-refractivity contribution in [3.63, 3.8) is 0 Å². The van der Waals surface area contributed by atoms with Crippen LogP contribution in [0.2, 0.25) is 0 Å². The topological polar surface area (TPSA) is 93.9 Å². The zero-order chi connectivity index (χ0) is 13.8. The van der Waals surface area contributed by atoms with Crippen LogP contribution in [0.25, 0.3) is 5.69 Å². The number of esters is 1. The molecule has 0 aliphatic rings. The quantitative estimate of drug-likeness (QED) is 0.663. The summed E-state index contributed by atoms with van der Waals surface area (Å²) >= 11 is 0. The van der Waals surface area contributed by atoms with Crippen molar-refractivity contribution in [3.05, 3.63) is 42.0 Å². The fourth-order valence-corrected chi connectivity index (χ4v) is 1.77. The van der Waals surface area contributed by atoms with Gasteiger partial charge in [0.2, 0.25) is 5.82 Å². The van der Waals surface area contributed by atoms with Gasteiger partial charge in [-0.15, -0.1) is 0 Å². The van der Waals surface area contributed by atoms with Gasteiger partial charge in [0, 0.05) is 12.4 Å². The molecule has 0 aliphatic carbocycles. The highest BCUT2D eigenvalue weighted by molar-refractivity contribution is 5.96. The predicted molar refractivity (Wildman–Crippen MR) is 68.6 cm³/mol. The number of nitrogens with two attached hydrogens (primary N) is 1. The first kappa shape index (κ1) is 12.6. The number of rotatable bonds is 3. The summed E-state index contributed by atoms with van der Waals surface area (Å²) in [5, 5.41) is 9.00. The molecule has 0 aliphatic heterocycles. The number of carbonyl (C=O) groups is 1. The monoisotopic (exact) mass is 256 g/mol. The summed E-state index contributed by atoms with van der Waals surface area (Å²) < 4.78 is 6.46. The lowest BCUT2D eigenvalue weighted by Gasteiger charge is -2.12. The van der Waals surface area contributed by atoms with Crippen LogP contribution in [0, 0.1) is 11.3 Å². The molecule has 6 heteroatoms. The van der Waals surface area contributed by atoms with Gasteiger partial charge in [-0.2, -0.15) is 5.26 Å². The lowest BCUT2D eigenvalue weighted by Crippen LogP contribution is -2.12. The van der Waals surface area contributed by atoms with Crippen molar-refractivity contribution in [2.24, 2.45) is 0 Å². The van der Waals surface area contributed by atoms with Crippen molar-refractivity contribution in [3.8, 4) is 11.8 Å². The van der Waals surface area contributed by atoms with Gasteiger partial charge in [-0.05, 0) is 19.1 Å². The molecule has 0 unspecified atom stereocenters. The number of para-hydroxylation sites is 1. The zero-order valence-electron chi connectivity index (χ0n) is 10.3. The zero-order valence-corrected chi connectivity index (χ0v) is 10.3. The maximum absolute atomic E-state index is 11.9. The third-order valence-electron chi connectivity index (χ3n) is 2.54. The van der Waals surface area contributed by atoms with E-state index in [-0.39, 0.29) is 12.4 Å². The van der Waals surface area contributed by atoms with Gasteiger partial charge in [0.15, 0.2) is 0 Å². The van der Waals surface area contributed by atoms with Crippen LogP contribution in [-0.4, -0.2) is 22.1 Å². The van der Waals surface area contributed by atoms with Crippen molar-refractivity contribution in [2.45, 2.75) is 6.92 Å². The Kier molecular flexibility index (Phi) is 3.48. The van der Waals surface area contributed by atoms with Gasteiger partial charge in [-0.25, -0.2) is 9.78 Å². The average Bonchev–Trinajstić information content (AvgIpc) is 2.86. The molecule has 0 fully saturated rings. The van der Waals surface area contributed by atoms with E-state index < -0.39 is 5.97 Å². The van der Waals surface area contributed by atoms with Crippen LogP contribution in [0.3, 0.4) is 0 Å². The Bertz CT molecular complexity index is 655. The molecule has 2 aromatic rings. The standard InChI is InChI=1S/C13H12N4O2/c1-2-19-13(18)9-4-3-5-10(15)12(9)17-7-6-16-11(17)8-14/h3-7H,2,15H2,1H3. The number of nitriles is 1. The molecule has 0 saturated carbocycles. The maximum atomic E-state index is 11.9. The first-order chi connectivity index (χ1) is 9.19. The molecule has 1 aromatic carbocycles. The van der Waals surface area contributed by atoms with Crippen LogP contribution in [0.1, 0.15) is 23.1 Å². The number of nitrogen functional groups attached to an aromatic ring is 1. The molecule has 1 aromatic heterocycles. The Balaban J connectivity index is 2.63. The molecule has 0 amide bonds. The Morgan fingerprint density at radius 3 is 3.05 bits per heavy atom. The van der Waals surface area contributed by atoms with Crippen LogP contribution in [0.15, 0.2) is 30.6 Å². The van der Waals surface area contributed by atoms with Crippen LogP contribution >= 0.6 is 0 Å². The van der Waals surface area contributed by atoms with E-state index in [0.717, 1.165) is 0 Å². The molecule has 2 rings (SSSR count). The van der Waals surface area contributed by atoms with E-state index in [0.29, 0.717) is 16.9 Å². The molecule has 19 heavy (non-hydrogen) atoms. The fourth-order valence-electron chi connectivity index (χ4n) is 1.77. The van der Waals surface area contributed by atoms with E-state index in [9.17, 15) is 4.79 Å². The lowest BCUT2D eigenvalue weighted by molar-refractivity contribution is 0.0526. The number of hydrogen-bond acceptors (Lipinski definition) is 5. The number of benzene rings is 1. The van der Waals surface area contributed by atoms with Crippen LogP contribution in [0.4, 0.5) is 5.69 Å². The number of ether oxygens (including phenoxy) is 1. The molecule has 6 nitrogen and oxygen atoms in total. The highest BCUT2D eigenvalue weighted by Gasteiger charge is 2.18. The van der Waals surface area contributed by atoms with Gasteiger partial charge < -0.3 is 10.5 Å². The van der Waals surface area contributed by atoms with Gasteiger partial charge in [-0.1, -0.05) is 6.07 Å². The molecule has 0 radical (unpaired) electrons. The lowest BCUT2D eigenvalue weighted by atomic mass is 10.1. The molecule has 1 heterocycles. The SMILES string of the molecule is CCOC(=O)c1cccc(N)c1-n1ccnc1C#N. The molecule has 2 N–H and O–H groups in total. The van der Waals surface area contributed by atoms with E-state index in [1.165, 1.54) is 10.8 Å². The normalized spacial score (nSPS) is 9.89. The third-order valence-corrected chi connectivity index (χ3v) is 2.54. The fraction of sp³-hybridized carbons (Fsp3) is 0.154. The van der Waals surface area contributed by atoms with Crippen molar-refractivity contribution in [1.82, 2.24) is 9.55 Å². The number of nitrogens with zero attached hydrogens (tertiary/aromatic N) is 3. The first-order valence-electron chi connectivity index (χ1n) is 5.68. The smallest absolute Gasteiger partial charge is 0.340 e. The van der Waals surface area contributed by atoms with E-state index in [4.69, 9.17) is 15.7 Å². The van der Waals surface area contributed by atoms with Gasteiger partial charge >= 0.3 is 5.97 Å². The molecule has 0 spiro atoms. The summed E-state index contributed by atoms with van der Waals surface area (Å²) in [6, 6.07) is 6.86. The van der Waals surface area contributed by atoms with Crippen molar-refractivity contribution >= 4 is 11.7 Å². The second-order valence-corrected chi connectivity index (χ2v) is 3.70. The summed E-state index contributed by atoms with van der Waals surface area (Å²) in [7, 11) is 0. The van der Waals surface area contributed by atoms with Gasteiger partial charge in [0.1, 0.15) is 6.07 Å². The van der Waals surface area contributed by atoms with Crippen LogP contribution < -0.4 is 5.73 Å². The Morgan fingerprint density at radius 1 is 1.58 bits per heavy atom. The number of imidazole rings is 1. The summed E-state index contributed by atoms with van der Waals surface area (Å²) in [5.41, 5.74) is 6.99. The molecule has 0 atom stereocenters. The molecular weight excluding hydrogens is 244 g/mol. The van der Waals surface area contributed by atoms with Gasteiger partial charge in [0.05, 0.1) is 23.5 Å². The van der Waals surface area contributed by atoms with Crippen molar-refractivity contribution < 1.29 is 9.53 Å². The Morgan fingerprint density at radius 2 is 2.37 bits per heavy atom. The minimum Gasteiger partial charge on any atom is -0.462 e.